The Morgan fingerprint density at radius 2 is 1.85 bits per heavy atom. The van der Waals surface area contributed by atoms with E-state index in [1.807, 2.05) is 77.1 Å². The molecule has 1 N–H and O–H groups in total. The first-order chi connectivity index (χ1) is 22.2. The van der Waals surface area contributed by atoms with Crippen LogP contribution in [0.15, 0.2) is 54.6 Å². The van der Waals surface area contributed by atoms with E-state index in [0.29, 0.717) is 65.0 Å². The molecule has 0 aliphatic carbocycles. The molecule has 47 heavy (non-hydrogen) atoms. The zero-order chi connectivity index (χ0) is 33.7. The molecule has 3 aliphatic rings. The highest BCUT2D eigenvalue weighted by molar-refractivity contribution is 5.80. The third kappa shape index (κ3) is 6.75. The number of rotatable bonds is 3. The van der Waals surface area contributed by atoms with Gasteiger partial charge < -0.3 is 24.2 Å². The monoisotopic (exact) mass is 642 g/mol. The first-order valence-corrected chi connectivity index (χ1v) is 16.2. The van der Waals surface area contributed by atoms with Crippen LogP contribution in [0.1, 0.15) is 70.4 Å². The highest BCUT2D eigenvalue weighted by atomic mass is 19.1. The van der Waals surface area contributed by atoms with Crippen molar-refractivity contribution in [3.05, 3.63) is 77.3 Å². The summed E-state index contributed by atoms with van der Waals surface area (Å²) in [6.45, 7) is 14.8. The Kier molecular flexibility index (Phi) is 8.61. The summed E-state index contributed by atoms with van der Waals surface area (Å²) < 4.78 is 35.6. The van der Waals surface area contributed by atoms with Gasteiger partial charge in [0.2, 0.25) is 0 Å². The molecule has 2 aromatic carbocycles. The maximum Gasteiger partial charge on any atom is 0.337 e. The van der Waals surface area contributed by atoms with Crippen LogP contribution in [0, 0.1) is 19.7 Å². The van der Waals surface area contributed by atoms with Gasteiger partial charge in [0.1, 0.15) is 23.5 Å². The number of nitrogens with zero attached hydrogens (tertiary/aromatic N) is 4. The summed E-state index contributed by atoms with van der Waals surface area (Å²) in [7, 11) is 0. The van der Waals surface area contributed by atoms with E-state index >= 15 is 0 Å². The fourth-order valence-corrected chi connectivity index (χ4v) is 6.35. The number of piperidine rings is 1. The Morgan fingerprint density at radius 1 is 1.13 bits per heavy atom. The molecule has 5 heterocycles. The summed E-state index contributed by atoms with van der Waals surface area (Å²) in [6, 6.07) is 12.9. The van der Waals surface area contributed by atoms with E-state index in [4.69, 9.17) is 24.3 Å². The summed E-state index contributed by atoms with van der Waals surface area (Å²) in [5.74, 6) is -0.184. The molecule has 2 atom stereocenters. The number of fused-ring (bicyclic) bond motifs is 6. The molecule has 0 amide bonds. The summed E-state index contributed by atoms with van der Waals surface area (Å²) in [5, 5.41) is 15.5. The number of aryl methyl sites for hydroxylation is 2. The average Bonchev–Trinajstić information content (AvgIpc) is 3.43. The smallest absolute Gasteiger partial charge is 0.337 e. The Labute approximate surface area is 275 Å². The molecule has 4 aromatic rings. The van der Waals surface area contributed by atoms with Gasteiger partial charge in [-0.1, -0.05) is 24.3 Å². The fourth-order valence-electron chi connectivity index (χ4n) is 6.35. The number of carboxylic acids is 1. The number of halogens is 1. The largest absolute Gasteiger partial charge is 0.486 e. The fraction of sp³-hybridized carbons (Fsp3) is 0.432. The van der Waals surface area contributed by atoms with Crippen molar-refractivity contribution in [2.24, 2.45) is 0 Å². The molecule has 1 saturated heterocycles. The van der Waals surface area contributed by atoms with Crippen molar-refractivity contribution in [3.63, 3.8) is 0 Å². The van der Waals surface area contributed by atoms with Crippen LogP contribution in [0.3, 0.4) is 0 Å². The zero-order valence-corrected chi connectivity index (χ0v) is 28.1. The molecule has 6 bridgehead atoms. The zero-order valence-electron chi connectivity index (χ0n) is 28.1. The van der Waals surface area contributed by atoms with E-state index in [1.165, 1.54) is 6.07 Å². The first kappa shape index (κ1) is 32.7. The number of anilines is 1. The van der Waals surface area contributed by atoms with Crippen molar-refractivity contribution < 1.29 is 28.5 Å². The van der Waals surface area contributed by atoms with Gasteiger partial charge in [-0.2, -0.15) is 9.61 Å². The van der Waals surface area contributed by atoms with Crippen molar-refractivity contribution in [3.8, 4) is 28.1 Å². The van der Waals surface area contributed by atoms with Crippen molar-refractivity contribution in [2.45, 2.75) is 84.7 Å². The van der Waals surface area contributed by atoms with Gasteiger partial charge in [-0.25, -0.2) is 14.2 Å². The molecule has 2 aromatic heterocycles. The van der Waals surface area contributed by atoms with Crippen LogP contribution >= 0.6 is 0 Å². The van der Waals surface area contributed by atoms with Crippen LogP contribution in [0.25, 0.3) is 28.0 Å². The number of carbonyl (C=O) groups is 1. The quantitative estimate of drug-likeness (QED) is 0.230. The Bertz CT molecular complexity index is 1850. The number of hydrogen-bond donors (Lipinski definition) is 1. The van der Waals surface area contributed by atoms with Gasteiger partial charge in [0.05, 0.1) is 29.1 Å². The maximum absolute atomic E-state index is 15.0. The lowest BCUT2D eigenvalue weighted by Gasteiger charge is -2.41. The Balaban J connectivity index is 1.57. The lowest BCUT2D eigenvalue weighted by Crippen LogP contribution is -2.45. The van der Waals surface area contributed by atoms with Crippen LogP contribution in [0.4, 0.5) is 10.2 Å². The minimum Gasteiger partial charge on any atom is -0.486 e. The highest BCUT2D eigenvalue weighted by Crippen LogP contribution is 2.39. The normalized spacial score (nSPS) is 20.8. The van der Waals surface area contributed by atoms with E-state index < -0.39 is 17.7 Å². The second kappa shape index (κ2) is 12.4. The van der Waals surface area contributed by atoms with Gasteiger partial charge in [0, 0.05) is 36.0 Å². The minimum absolute atomic E-state index is 0.275. The number of hydrogen-bond acceptors (Lipinski definition) is 7. The maximum atomic E-state index is 15.0. The molecular weight excluding hydrogens is 599 g/mol. The number of aliphatic carboxylic acids is 1. The van der Waals surface area contributed by atoms with Crippen LogP contribution in [-0.2, 0) is 14.3 Å². The summed E-state index contributed by atoms with van der Waals surface area (Å²) >= 11 is 0. The van der Waals surface area contributed by atoms with Gasteiger partial charge >= 0.3 is 5.97 Å². The molecule has 10 heteroatoms. The van der Waals surface area contributed by atoms with E-state index in [9.17, 15) is 14.3 Å². The highest BCUT2D eigenvalue weighted by Gasteiger charge is 2.37. The molecule has 248 valence electrons. The SMILES string of the molecule is Cc1cc2c(cc1F)-c1cccc(c1)-c1cc3nc(C)c([C@H](OC(C)(C)C)C(=O)O)c(n3n1)N1CCC(C)(CC1)OCC=C[C@H](C)O2. The third-order valence-corrected chi connectivity index (χ3v) is 8.86. The van der Waals surface area contributed by atoms with Gasteiger partial charge in [0.25, 0.3) is 0 Å². The third-order valence-electron chi connectivity index (χ3n) is 8.86. The predicted octanol–water partition coefficient (Wildman–Crippen LogP) is 7.47. The van der Waals surface area contributed by atoms with Gasteiger partial charge in [0.15, 0.2) is 11.8 Å². The summed E-state index contributed by atoms with van der Waals surface area (Å²) in [4.78, 5) is 19.8. The summed E-state index contributed by atoms with van der Waals surface area (Å²) in [6.07, 6.45) is 3.84. The molecule has 0 spiro atoms. The van der Waals surface area contributed by atoms with Crippen LogP contribution in [-0.4, -0.2) is 62.7 Å². The molecule has 3 aliphatic heterocycles. The van der Waals surface area contributed by atoms with E-state index in [2.05, 4.69) is 11.8 Å². The van der Waals surface area contributed by atoms with Crippen molar-refractivity contribution in [1.29, 1.82) is 0 Å². The Morgan fingerprint density at radius 3 is 2.55 bits per heavy atom. The van der Waals surface area contributed by atoms with Crippen molar-refractivity contribution in [2.75, 3.05) is 24.6 Å². The van der Waals surface area contributed by atoms with Crippen LogP contribution in [0.5, 0.6) is 5.75 Å². The van der Waals surface area contributed by atoms with Crippen LogP contribution < -0.4 is 9.64 Å². The summed E-state index contributed by atoms with van der Waals surface area (Å²) in [5.41, 5.74) is 3.88. The standard InChI is InChI=1S/C37H43FN4O5/c1-22-18-30-27(20-28(22)38)25-11-8-12-26(19-25)29-21-31-39-24(3)32(33(35(43)44)47-36(4,5)6)34(42(31)40-29)41-15-13-37(7,14-16-41)45-17-9-10-23(2)46-30/h8-12,18-21,23,33H,13-17H2,1-7H3,(H,43,44)/t23-,33-/m0/s1. The molecule has 7 rings (SSSR count). The van der Waals surface area contributed by atoms with Crippen molar-refractivity contribution in [1.82, 2.24) is 14.6 Å². The molecular formula is C37H43FN4O5. The molecule has 1 fully saturated rings. The number of benzene rings is 2. The van der Waals surface area contributed by atoms with E-state index in [-0.39, 0.29) is 17.5 Å². The Hall–Kier alpha value is -4.28. The molecule has 0 saturated carbocycles. The second-order valence-electron chi connectivity index (χ2n) is 13.9. The topological polar surface area (TPSA) is 98.4 Å². The molecule has 9 nitrogen and oxygen atoms in total. The number of carboxylic acid groups (broad SMARTS) is 1. The van der Waals surface area contributed by atoms with Gasteiger partial charge in [-0.05, 0) is 96.7 Å². The molecule has 0 unspecified atom stereocenters. The lowest BCUT2D eigenvalue weighted by atomic mass is 9.92. The predicted molar refractivity (Wildman–Crippen MR) is 180 cm³/mol. The first-order valence-electron chi connectivity index (χ1n) is 16.2. The van der Waals surface area contributed by atoms with Crippen molar-refractivity contribution >= 4 is 17.4 Å². The average molecular weight is 643 g/mol. The molecule has 0 radical (unpaired) electrons. The number of aromatic nitrogens is 3. The lowest BCUT2D eigenvalue weighted by molar-refractivity contribution is -0.160. The minimum atomic E-state index is -1.26. The van der Waals surface area contributed by atoms with Gasteiger partial charge in [-0.3, -0.25) is 0 Å². The van der Waals surface area contributed by atoms with Gasteiger partial charge in [-0.15, -0.1) is 0 Å². The second-order valence-corrected chi connectivity index (χ2v) is 13.9. The van der Waals surface area contributed by atoms with Crippen LogP contribution in [0.2, 0.25) is 0 Å². The van der Waals surface area contributed by atoms with E-state index in [0.717, 1.165) is 24.0 Å². The number of ether oxygens (including phenoxy) is 3. The van der Waals surface area contributed by atoms with E-state index in [1.54, 1.807) is 17.5 Å².